The summed E-state index contributed by atoms with van der Waals surface area (Å²) in [6.07, 6.45) is 0. The molecule has 0 saturated heterocycles. The number of benzene rings is 2. The number of aromatic nitrogens is 2. The van der Waals surface area contributed by atoms with Gasteiger partial charge in [0.2, 0.25) is 0 Å². The fourth-order valence-electron chi connectivity index (χ4n) is 2.33. The Morgan fingerprint density at radius 3 is 2.64 bits per heavy atom. The first kappa shape index (κ1) is 17.4. The second kappa shape index (κ2) is 8.09. The number of imidazole rings is 1. The summed E-state index contributed by atoms with van der Waals surface area (Å²) in [5.41, 5.74) is 4.41. The Kier molecular flexibility index (Phi) is 5.62. The lowest BCUT2D eigenvalue weighted by Crippen LogP contribution is -2.28. The zero-order chi connectivity index (χ0) is 17.6. The number of hydrogen-bond acceptors (Lipinski definition) is 4. The van der Waals surface area contributed by atoms with E-state index in [4.69, 9.17) is 4.84 Å². The first-order valence-electron chi connectivity index (χ1n) is 7.48. The third-order valence-corrected chi connectivity index (χ3v) is 4.08. The molecule has 0 unspecified atom stereocenters. The van der Waals surface area contributed by atoms with Gasteiger partial charge in [-0.25, -0.2) is 10.5 Å². The van der Waals surface area contributed by atoms with Crippen LogP contribution in [-0.2, 0) is 22.8 Å². The molecule has 0 fully saturated rings. The van der Waals surface area contributed by atoms with Crippen LogP contribution in [0.4, 0.5) is 8.78 Å². The lowest BCUT2D eigenvalue weighted by atomic mass is 10.2. The van der Waals surface area contributed by atoms with Gasteiger partial charge in [0.15, 0.2) is 5.16 Å². The Morgan fingerprint density at radius 1 is 1.16 bits per heavy atom. The molecule has 25 heavy (non-hydrogen) atoms. The van der Waals surface area contributed by atoms with Crippen molar-refractivity contribution in [1.82, 2.24) is 15.0 Å². The van der Waals surface area contributed by atoms with Gasteiger partial charge in [0, 0.05) is 0 Å². The fraction of sp³-hybridized carbons (Fsp3) is 0.176. The van der Waals surface area contributed by atoms with Gasteiger partial charge in [-0.05, 0) is 29.5 Å². The minimum atomic E-state index is -2.62. The lowest BCUT2D eigenvalue weighted by Gasteiger charge is -2.09. The molecular formula is C17H15F2N3O2S. The first-order valence-corrected chi connectivity index (χ1v) is 8.36. The summed E-state index contributed by atoms with van der Waals surface area (Å²) in [6, 6.07) is 16.3. The summed E-state index contributed by atoms with van der Waals surface area (Å²) in [7, 11) is 0. The number of amides is 1. The van der Waals surface area contributed by atoms with Crippen LogP contribution in [0.5, 0.6) is 0 Å². The maximum absolute atomic E-state index is 12.7. The monoisotopic (exact) mass is 363 g/mol. The van der Waals surface area contributed by atoms with Gasteiger partial charge >= 0.3 is 0 Å². The molecule has 0 aliphatic heterocycles. The summed E-state index contributed by atoms with van der Waals surface area (Å²) in [5, 5.41) is 0.0920. The molecule has 2 aromatic carbocycles. The van der Waals surface area contributed by atoms with E-state index >= 15 is 0 Å². The van der Waals surface area contributed by atoms with E-state index in [0.717, 1.165) is 5.56 Å². The molecule has 0 aliphatic carbocycles. The van der Waals surface area contributed by atoms with Crippen molar-refractivity contribution in [2.24, 2.45) is 0 Å². The highest BCUT2D eigenvalue weighted by molar-refractivity contribution is 7.99. The van der Waals surface area contributed by atoms with Crippen molar-refractivity contribution < 1.29 is 18.4 Å². The Morgan fingerprint density at radius 2 is 1.88 bits per heavy atom. The van der Waals surface area contributed by atoms with Gasteiger partial charge in [0.25, 0.3) is 11.7 Å². The number of halogens is 2. The average molecular weight is 363 g/mol. The number of nitrogens with zero attached hydrogens (tertiary/aromatic N) is 2. The molecular weight excluding hydrogens is 348 g/mol. The molecule has 0 bridgehead atoms. The van der Waals surface area contributed by atoms with E-state index < -0.39 is 11.7 Å². The van der Waals surface area contributed by atoms with Crippen molar-refractivity contribution in [1.29, 1.82) is 0 Å². The topological polar surface area (TPSA) is 56.2 Å². The highest BCUT2D eigenvalue weighted by Gasteiger charge is 2.17. The van der Waals surface area contributed by atoms with Crippen LogP contribution in [0, 0.1) is 0 Å². The maximum Gasteiger partial charge on any atom is 0.291 e. The van der Waals surface area contributed by atoms with Crippen LogP contribution in [0.3, 0.4) is 0 Å². The molecule has 1 aromatic heterocycles. The first-order chi connectivity index (χ1) is 12.1. The third kappa shape index (κ3) is 4.55. The van der Waals surface area contributed by atoms with Crippen molar-refractivity contribution in [2.45, 2.75) is 24.1 Å². The zero-order valence-corrected chi connectivity index (χ0v) is 13.9. The molecule has 130 valence electrons. The Labute approximate surface area is 147 Å². The maximum atomic E-state index is 12.7. The van der Waals surface area contributed by atoms with Gasteiger partial charge in [-0.2, -0.15) is 8.78 Å². The quantitative estimate of drug-likeness (QED) is 0.515. The van der Waals surface area contributed by atoms with E-state index in [0.29, 0.717) is 22.8 Å². The molecule has 0 saturated carbocycles. The molecule has 0 spiro atoms. The zero-order valence-electron chi connectivity index (χ0n) is 13.1. The van der Waals surface area contributed by atoms with Crippen LogP contribution in [0.15, 0.2) is 59.8 Å². The van der Waals surface area contributed by atoms with Crippen LogP contribution in [-0.4, -0.2) is 21.2 Å². The number of hydroxylamine groups is 1. The number of thioether (sulfide) groups is 1. The van der Waals surface area contributed by atoms with Crippen LogP contribution in [0.2, 0.25) is 0 Å². The number of para-hydroxylation sites is 2. The summed E-state index contributed by atoms with van der Waals surface area (Å²) in [5.74, 6) is -3.07. The van der Waals surface area contributed by atoms with Gasteiger partial charge in [0.05, 0.1) is 17.6 Å². The largest absolute Gasteiger partial charge is 0.309 e. The van der Waals surface area contributed by atoms with E-state index in [-0.39, 0.29) is 18.3 Å². The average Bonchev–Trinajstić information content (AvgIpc) is 2.92. The van der Waals surface area contributed by atoms with Gasteiger partial charge in [0.1, 0.15) is 6.54 Å². The molecule has 3 rings (SSSR count). The van der Waals surface area contributed by atoms with E-state index in [1.54, 1.807) is 24.3 Å². The Bertz CT molecular complexity index is 855. The Hall–Kier alpha value is -2.45. The van der Waals surface area contributed by atoms with Crippen LogP contribution in [0.25, 0.3) is 11.0 Å². The summed E-state index contributed by atoms with van der Waals surface area (Å²) in [4.78, 5) is 21.4. The van der Waals surface area contributed by atoms with E-state index in [9.17, 15) is 13.6 Å². The van der Waals surface area contributed by atoms with Crippen molar-refractivity contribution in [2.75, 3.05) is 0 Å². The molecule has 1 amide bonds. The molecule has 0 radical (unpaired) electrons. The number of nitrogens with one attached hydrogen (secondary N) is 1. The second-order valence-corrected chi connectivity index (χ2v) is 6.10. The molecule has 1 N–H and O–H groups in total. The fourth-order valence-corrected chi connectivity index (χ4v) is 2.93. The number of carbonyl (C=O) groups excluding carboxylic acids is 1. The summed E-state index contributed by atoms with van der Waals surface area (Å²) in [6.45, 7) is 0.0558. The molecule has 1 heterocycles. The van der Waals surface area contributed by atoms with Crippen LogP contribution >= 0.6 is 11.8 Å². The molecule has 0 aliphatic rings. The van der Waals surface area contributed by atoms with E-state index in [2.05, 4.69) is 10.5 Å². The minimum absolute atomic E-state index is 0.0920. The van der Waals surface area contributed by atoms with Gasteiger partial charge in [-0.15, -0.1) is 0 Å². The molecule has 0 atom stereocenters. The molecule has 8 heteroatoms. The second-order valence-electron chi connectivity index (χ2n) is 5.15. The van der Waals surface area contributed by atoms with Gasteiger partial charge in [-0.1, -0.05) is 42.5 Å². The molecule has 5 nitrogen and oxygen atoms in total. The number of fused-ring (bicyclic) bond motifs is 1. The number of hydrogen-bond donors (Lipinski definition) is 1. The van der Waals surface area contributed by atoms with Crippen molar-refractivity contribution in [3.8, 4) is 0 Å². The highest BCUT2D eigenvalue weighted by atomic mass is 32.2. The predicted molar refractivity (Wildman–Crippen MR) is 91.0 cm³/mol. The number of alkyl halides is 2. The summed E-state index contributed by atoms with van der Waals surface area (Å²) >= 11 is 0.311. The van der Waals surface area contributed by atoms with Gasteiger partial charge in [-0.3, -0.25) is 9.63 Å². The van der Waals surface area contributed by atoms with Crippen LogP contribution in [0.1, 0.15) is 5.56 Å². The third-order valence-electron chi connectivity index (χ3n) is 3.38. The van der Waals surface area contributed by atoms with Crippen molar-refractivity contribution in [3.63, 3.8) is 0 Å². The smallest absolute Gasteiger partial charge is 0.291 e. The number of rotatable bonds is 7. The minimum Gasteiger partial charge on any atom is -0.309 e. The SMILES string of the molecule is O=C(Cn1c(SC(F)F)nc2ccccc21)NOCc1ccccc1. The van der Waals surface area contributed by atoms with E-state index in [1.165, 1.54) is 4.57 Å². The number of carbonyl (C=O) groups is 1. The van der Waals surface area contributed by atoms with Crippen molar-refractivity contribution >= 4 is 28.7 Å². The van der Waals surface area contributed by atoms with Crippen LogP contribution < -0.4 is 5.48 Å². The summed E-state index contributed by atoms with van der Waals surface area (Å²) < 4.78 is 26.9. The van der Waals surface area contributed by atoms with E-state index in [1.807, 2.05) is 30.3 Å². The standard InChI is InChI=1S/C17H15F2N3O2S/c18-16(19)25-17-20-13-8-4-5-9-14(13)22(17)10-15(23)21-24-11-12-6-2-1-3-7-12/h1-9,16H,10-11H2,(H,21,23). The molecule has 3 aromatic rings. The van der Waals surface area contributed by atoms with Gasteiger partial charge < -0.3 is 4.57 Å². The predicted octanol–water partition coefficient (Wildman–Crippen LogP) is 3.60. The normalized spacial score (nSPS) is 11.2. The lowest BCUT2D eigenvalue weighted by molar-refractivity contribution is -0.135. The highest BCUT2D eigenvalue weighted by Crippen LogP contribution is 2.28. The van der Waals surface area contributed by atoms with Crippen molar-refractivity contribution in [3.05, 3.63) is 60.2 Å². The Balaban J connectivity index is 1.67.